The second kappa shape index (κ2) is 4.80. The molecule has 0 N–H and O–H groups in total. The maximum absolute atomic E-state index is 11.5. The van der Waals surface area contributed by atoms with E-state index in [0.717, 1.165) is 24.3 Å². The number of Topliss-reactive ketones (excluding diaryl/α,β-unsaturated/α-hetero) is 1. The molecule has 0 spiro atoms. The summed E-state index contributed by atoms with van der Waals surface area (Å²) in [7, 11) is 0. The molecule has 1 aromatic carbocycles. The third-order valence-corrected chi connectivity index (χ3v) is 3.39. The van der Waals surface area contributed by atoms with Crippen molar-refractivity contribution >= 4 is 17.4 Å². The minimum Gasteiger partial charge on any atom is -0.420 e. The molecule has 0 saturated carbocycles. The Hall–Kier alpha value is -1.84. The van der Waals surface area contributed by atoms with Crippen molar-refractivity contribution in [2.24, 2.45) is 0 Å². The highest BCUT2D eigenvalue weighted by atomic mass is 16.5. The first-order valence-electron chi connectivity index (χ1n) is 6.23. The Kier molecular flexibility index (Phi) is 3.36. The highest BCUT2D eigenvalue weighted by molar-refractivity contribution is 6.37. The summed E-state index contributed by atoms with van der Waals surface area (Å²) in [4.78, 5) is 25.1. The van der Waals surface area contributed by atoms with Crippen LogP contribution >= 0.6 is 0 Å². The number of hydrogen-bond acceptors (Lipinski definition) is 4. The zero-order valence-electron chi connectivity index (χ0n) is 10.9. The largest absolute Gasteiger partial charge is 0.420 e. The van der Waals surface area contributed by atoms with Crippen molar-refractivity contribution in [1.29, 1.82) is 0 Å². The molecule has 1 aliphatic heterocycles. The lowest BCUT2D eigenvalue weighted by molar-refractivity contribution is -0.148. The predicted octanol–water partition coefficient (Wildman–Crippen LogP) is 2.12. The zero-order valence-corrected chi connectivity index (χ0v) is 10.9. The van der Waals surface area contributed by atoms with Gasteiger partial charge in [0.2, 0.25) is 5.78 Å². The quantitative estimate of drug-likeness (QED) is 0.466. The van der Waals surface area contributed by atoms with Crippen LogP contribution in [0.4, 0.5) is 5.69 Å². The molecule has 0 fully saturated rings. The Balaban J connectivity index is 2.41. The van der Waals surface area contributed by atoms with Gasteiger partial charge < -0.3 is 9.64 Å². The van der Waals surface area contributed by atoms with Gasteiger partial charge in [-0.25, -0.2) is 4.79 Å². The molecule has 0 aromatic heterocycles. The van der Waals surface area contributed by atoms with E-state index < -0.39 is 17.7 Å². The molecule has 18 heavy (non-hydrogen) atoms. The summed E-state index contributed by atoms with van der Waals surface area (Å²) in [6.45, 7) is 7.65. The fourth-order valence-electron chi connectivity index (χ4n) is 2.22. The molecule has 1 unspecified atom stereocenters. The van der Waals surface area contributed by atoms with Gasteiger partial charge in [-0.15, -0.1) is 0 Å². The van der Waals surface area contributed by atoms with Crippen molar-refractivity contribution in [3.8, 4) is 5.75 Å². The van der Waals surface area contributed by atoms with Crippen molar-refractivity contribution < 1.29 is 14.3 Å². The third-order valence-electron chi connectivity index (χ3n) is 3.39. The van der Waals surface area contributed by atoms with Crippen LogP contribution in [0.5, 0.6) is 5.75 Å². The summed E-state index contributed by atoms with van der Waals surface area (Å²) in [5, 5.41) is 0. The number of nitrogens with zero attached hydrogens (tertiary/aromatic N) is 1. The number of esters is 1. The standard InChI is InChI=1S/C14H17NO3/c1-4-15(5-2)10-6-7-11-9(3)13(16)14(17)18-12(11)8-10/h6-9H,4-5H2,1-3H3. The van der Waals surface area contributed by atoms with Gasteiger partial charge in [0.05, 0.1) is 5.92 Å². The number of benzene rings is 1. The molecule has 4 nitrogen and oxygen atoms in total. The molecule has 1 atom stereocenters. The highest BCUT2D eigenvalue weighted by Crippen LogP contribution is 2.35. The molecule has 0 amide bonds. The van der Waals surface area contributed by atoms with E-state index in [2.05, 4.69) is 18.7 Å². The lowest BCUT2D eigenvalue weighted by Crippen LogP contribution is -2.31. The smallest absolute Gasteiger partial charge is 0.380 e. The molecule has 1 heterocycles. The van der Waals surface area contributed by atoms with Crippen LogP contribution in [0.25, 0.3) is 0 Å². The van der Waals surface area contributed by atoms with Gasteiger partial charge in [0.1, 0.15) is 5.75 Å². The van der Waals surface area contributed by atoms with Crippen LogP contribution in [-0.2, 0) is 9.59 Å². The number of carbonyl (C=O) groups is 2. The molecule has 1 aliphatic rings. The van der Waals surface area contributed by atoms with Crippen LogP contribution in [-0.4, -0.2) is 24.8 Å². The van der Waals surface area contributed by atoms with Gasteiger partial charge in [0.25, 0.3) is 0 Å². The van der Waals surface area contributed by atoms with E-state index in [0.29, 0.717) is 5.75 Å². The van der Waals surface area contributed by atoms with Crippen LogP contribution in [0.2, 0.25) is 0 Å². The number of rotatable bonds is 3. The Bertz CT molecular complexity index is 492. The molecule has 2 rings (SSSR count). The van der Waals surface area contributed by atoms with Gasteiger partial charge >= 0.3 is 5.97 Å². The zero-order chi connectivity index (χ0) is 13.3. The second-order valence-electron chi connectivity index (χ2n) is 4.37. The average molecular weight is 247 g/mol. The maximum atomic E-state index is 11.5. The van der Waals surface area contributed by atoms with Gasteiger partial charge in [-0.05, 0) is 19.9 Å². The van der Waals surface area contributed by atoms with Gasteiger partial charge in [0, 0.05) is 30.4 Å². The predicted molar refractivity (Wildman–Crippen MR) is 69.1 cm³/mol. The average Bonchev–Trinajstić information content (AvgIpc) is 2.37. The fourth-order valence-corrected chi connectivity index (χ4v) is 2.22. The topological polar surface area (TPSA) is 46.6 Å². The van der Waals surface area contributed by atoms with Crippen molar-refractivity contribution in [2.45, 2.75) is 26.7 Å². The van der Waals surface area contributed by atoms with E-state index in [4.69, 9.17) is 4.74 Å². The van der Waals surface area contributed by atoms with Gasteiger partial charge in [-0.1, -0.05) is 13.0 Å². The van der Waals surface area contributed by atoms with Crippen molar-refractivity contribution in [3.63, 3.8) is 0 Å². The van der Waals surface area contributed by atoms with E-state index in [9.17, 15) is 9.59 Å². The first kappa shape index (κ1) is 12.6. The molecule has 0 saturated heterocycles. The van der Waals surface area contributed by atoms with E-state index in [-0.39, 0.29) is 0 Å². The number of ketones is 1. The Morgan fingerprint density at radius 1 is 1.22 bits per heavy atom. The van der Waals surface area contributed by atoms with Gasteiger partial charge in [0.15, 0.2) is 0 Å². The van der Waals surface area contributed by atoms with Crippen LogP contribution < -0.4 is 9.64 Å². The van der Waals surface area contributed by atoms with E-state index in [1.807, 2.05) is 18.2 Å². The minimum atomic E-state index is -0.758. The molecule has 0 radical (unpaired) electrons. The summed E-state index contributed by atoms with van der Waals surface area (Å²) < 4.78 is 5.08. The van der Waals surface area contributed by atoms with Crippen LogP contribution in [0.3, 0.4) is 0 Å². The van der Waals surface area contributed by atoms with Gasteiger partial charge in [-0.3, -0.25) is 4.79 Å². The summed E-state index contributed by atoms with van der Waals surface area (Å²) in [5.41, 5.74) is 1.80. The normalized spacial score (nSPS) is 18.3. The summed E-state index contributed by atoms with van der Waals surface area (Å²) >= 11 is 0. The summed E-state index contributed by atoms with van der Waals surface area (Å²) in [5.74, 6) is -1.13. The number of hydrogen-bond donors (Lipinski definition) is 0. The molecule has 1 aromatic rings. The lowest BCUT2D eigenvalue weighted by atomic mass is 9.93. The van der Waals surface area contributed by atoms with Crippen molar-refractivity contribution in [3.05, 3.63) is 23.8 Å². The number of carbonyl (C=O) groups excluding carboxylic acids is 2. The lowest BCUT2D eigenvalue weighted by Gasteiger charge is -2.25. The van der Waals surface area contributed by atoms with Crippen LogP contribution in [0.15, 0.2) is 18.2 Å². The molecule has 0 aliphatic carbocycles. The third kappa shape index (κ3) is 1.98. The second-order valence-corrected chi connectivity index (χ2v) is 4.37. The first-order valence-corrected chi connectivity index (χ1v) is 6.23. The van der Waals surface area contributed by atoms with Crippen molar-refractivity contribution in [2.75, 3.05) is 18.0 Å². The molecular formula is C14H17NO3. The number of fused-ring (bicyclic) bond motifs is 1. The fraction of sp³-hybridized carbons (Fsp3) is 0.429. The molecule has 96 valence electrons. The molecule has 0 bridgehead atoms. The monoisotopic (exact) mass is 247 g/mol. The van der Waals surface area contributed by atoms with Crippen LogP contribution in [0.1, 0.15) is 32.3 Å². The minimum absolute atomic E-state index is 0.410. The molecular weight excluding hydrogens is 230 g/mol. The van der Waals surface area contributed by atoms with E-state index >= 15 is 0 Å². The Morgan fingerprint density at radius 3 is 2.50 bits per heavy atom. The first-order chi connectivity index (χ1) is 8.58. The summed E-state index contributed by atoms with van der Waals surface area (Å²) in [6, 6.07) is 5.68. The Labute approximate surface area is 107 Å². The number of anilines is 1. The molecule has 4 heteroatoms. The van der Waals surface area contributed by atoms with E-state index in [1.165, 1.54) is 0 Å². The Morgan fingerprint density at radius 2 is 1.89 bits per heavy atom. The number of ether oxygens (including phenoxy) is 1. The summed E-state index contributed by atoms with van der Waals surface area (Å²) in [6.07, 6.45) is 0. The highest BCUT2D eigenvalue weighted by Gasteiger charge is 2.33. The van der Waals surface area contributed by atoms with E-state index in [1.54, 1.807) is 6.92 Å². The van der Waals surface area contributed by atoms with Crippen LogP contribution in [0, 0.1) is 0 Å². The SMILES string of the molecule is CCN(CC)c1ccc2c(c1)OC(=O)C(=O)C2C. The maximum Gasteiger partial charge on any atom is 0.380 e. The van der Waals surface area contributed by atoms with Gasteiger partial charge in [-0.2, -0.15) is 0 Å². The van der Waals surface area contributed by atoms with Crippen molar-refractivity contribution in [1.82, 2.24) is 0 Å².